The van der Waals surface area contributed by atoms with E-state index in [4.69, 9.17) is 9.15 Å². The van der Waals surface area contributed by atoms with E-state index in [1.807, 2.05) is 69.3 Å². The highest BCUT2D eigenvalue weighted by atomic mass is 16.5. The highest BCUT2D eigenvalue weighted by Gasteiger charge is 2.13. The lowest BCUT2D eigenvalue weighted by atomic mass is 10.1. The summed E-state index contributed by atoms with van der Waals surface area (Å²) in [6.45, 7) is 6.64. The van der Waals surface area contributed by atoms with Crippen molar-refractivity contribution >= 4 is 22.7 Å². The Labute approximate surface area is 175 Å². The second-order valence-electron chi connectivity index (χ2n) is 7.35. The molecule has 0 aliphatic heterocycles. The Balaban J connectivity index is 1.59. The lowest BCUT2D eigenvalue weighted by Gasteiger charge is -2.11. The maximum Gasteiger partial charge on any atom is 0.255 e. The molecule has 0 radical (unpaired) electrons. The van der Waals surface area contributed by atoms with Gasteiger partial charge in [-0.15, -0.1) is 0 Å². The second-order valence-corrected chi connectivity index (χ2v) is 7.35. The first kappa shape index (κ1) is 19.7. The first-order chi connectivity index (χ1) is 14.5. The number of hydrogen-bond donors (Lipinski definition) is 1. The van der Waals surface area contributed by atoms with Crippen molar-refractivity contribution in [2.75, 3.05) is 11.9 Å². The fourth-order valence-electron chi connectivity index (χ4n) is 3.19. The number of oxazole rings is 1. The van der Waals surface area contributed by atoms with E-state index in [1.54, 1.807) is 12.1 Å². The van der Waals surface area contributed by atoms with Gasteiger partial charge in [0.25, 0.3) is 5.91 Å². The van der Waals surface area contributed by atoms with Gasteiger partial charge >= 0.3 is 0 Å². The van der Waals surface area contributed by atoms with Crippen molar-refractivity contribution in [2.45, 2.75) is 27.2 Å². The molecule has 1 N–H and O–H groups in total. The third kappa shape index (κ3) is 4.20. The minimum Gasteiger partial charge on any atom is -0.494 e. The molecule has 1 heterocycles. The highest BCUT2D eigenvalue weighted by molar-refractivity contribution is 6.05. The molecule has 4 aromatic rings. The van der Waals surface area contributed by atoms with Crippen LogP contribution in [0, 0.1) is 13.8 Å². The quantitative estimate of drug-likeness (QED) is 0.421. The number of benzene rings is 3. The zero-order valence-corrected chi connectivity index (χ0v) is 17.4. The minimum absolute atomic E-state index is 0.189. The van der Waals surface area contributed by atoms with E-state index in [-0.39, 0.29) is 5.91 Å². The van der Waals surface area contributed by atoms with Crippen LogP contribution in [-0.4, -0.2) is 17.5 Å². The lowest BCUT2D eigenvalue weighted by Crippen LogP contribution is -2.13. The van der Waals surface area contributed by atoms with Gasteiger partial charge in [0.1, 0.15) is 11.3 Å². The number of carbonyl (C=O) groups is 1. The summed E-state index contributed by atoms with van der Waals surface area (Å²) >= 11 is 0. The third-order valence-electron chi connectivity index (χ3n) is 4.84. The van der Waals surface area contributed by atoms with Crippen molar-refractivity contribution in [1.82, 2.24) is 4.98 Å². The lowest BCUT2D eigenvalue weighted by molar-refractivity contribution is 0.102. The molecular formula is C25H24N2O3. The SMILES string of the molecule is CCCOc1cccc(C(=O)Nc2cc(-c3nc4cc(C)ccc4o3)ccc2C)c1. The van der Waals surface area contributed by atoms with Crippen LogP contribution in [0.3, 0.4) is 0 Å². The Morgan fingerprint density at radius 3 is 2.77 bits per heavy atom. The average molecular weight is 400 g/mol. The molecule has 0 aliphatic rings. The Kier molecular flexibility index (Phi) is 5.53. The maximum atomic E-state index is 12.8. The van der Waals surface area contributed by atoms with Crippen LogP contribution in [0.15, 0.2) is 65.1 Å². The van der Waals surface area contributed by atoms with Gasteiger partial charge in [0.05, 0.1) is 6.61 Å². The number of fused-ring (bicyclic) bond motifs is 1. The second kappa shape index (κ2) is 8.41. The molecule has 5 nitrogen and oxygen atoms in total. The van der Waals surface area contributed by atoms with Gasteiger partial charge < -0.3 is 14.5 Å². The van der Waals surface area contributed by atoms with E-state index in [1.165, 1.54) is 0 Å². The first-order valence-electron chi connectivity index (χ1n) is 10.1. The number of hydrogen-bond acceptors (Lipinski definition) is 4. The summed E-state index contributed by atoms with van der Waals surface area (Å²) in [6, 6.07) is 18.9. The largest absolute Gasteiger partial charge is 0.494 e. The molecule has 30 heavy (non-hydrogen) atoms. The van der Waals surface area contributed by atoms with E-state index in [9.17, 15) is 4.79 Å². The van der Waals surface area contributed by atoms with Gasteiger partial charge in [-0.3, -0.25) is 4.79 Å². The zero-order chi connectivity index (χ0) is 21.1. The number of nitrogens with one attached hydrogen (secondary N) is 1. The number of aryl methyl sites for hydroxylation is 2. The van der Waals surface area contributed by atoms with E-state index in [0.29, 0.717) is 23.8 Å². The number of rotatable bonds is 6. The summed E-state index contributed by atoms with van der Waals surface area (Å²) in [6.07, 6.45) is 0.914. The average Bonchev–Trinajstić information content (AvgIpc) is 3.17. The van der Waals surface area contributed by atoms with Crippen LogP contribution in [0.25, 0.3) is 22.6 Å². The highest BCUT2D eigenvalue weighted by Crippen LogP contribution is 2.29. The molecule has 0 bridgehead atoms. The van der Waals surface area contributed by atoms with Gasteiger partial charge in [-0.05, 0) is 73.9 Å². The zero-order valence-electron chi connectivity index (χ0n) is 17.4. The van der Waals surface area contributed by atoms with Crippen LogP contribution < -0.4 is 10.1 Å². The van der Waals surface area contributed by atoms with Gasteiger partial charge in [0.15, 0.2) is 5.58 Å². The topological polar surface area (TPSA) is 64.4 Å². The van der Waals surface area contributed by atoms with Crippen molar-refractivity contribution < 1.29 is 13.9 Å². The summed E-state index contributed by atoms with van der Waals surface area (Å²) in [5, 5.41) is 3.00. The summed E-state index contributed by atoms with van der Waals surface area (Å²) in [5.74, 6) is 1.03. The number of anilines is 1. The summed E-state index contributed by atoms with van der Waals surface area (Å²) in [4.78, 5) is 17.4. The van der Waals surface area contributed by atoms with Crippen molar-refractivity contribution in [3.63, 3.8) is 0 Å². The van der Waals surface area contributed by atoms with Crippen molar-refractivity contribution in [1.29, 1.82) is 0 Å². The van der Waals surface area contributed by atoms with Crippen LogP contribution in [-0.2, 0) is 0 Å². The van der Waals surface area contributed by atoms with Crippen LogP contribution in [0.2, 0.25) is 0 Å². The van der Waals surface area contributed by atoms with Crippen molar-refractivity contribution in [2.24, 2.45) is 0 Å². The molecule has 1 amide bonds. The Morgan fingerprint density at radius 1 is 1.07 bits per heavy atom. The molecule has 4 rings (SSSR count). The van der Waals surface area contributed by atoms with E-state index in [0.717, 1.165) is 39.9 Å². The Bertz CT molecular complexity index is 1210. The smallest absolute Gasteiger partial charge is 0.255 e. The molecule has 0 spiro atoms. The number of nitrogens with zero attached hydrogens (tertiary/aromatic N) is 1. The van der Waals surface area contributed by atoms with E-state index in [2.05, 4.69) is 10.3 Å². The molecule has 0 saturated carbocycles. The standard InChI is InChI=1S/C25H24N2O3/c1-4-12-29-20-7-5-6-18(14-20)24(28)26-21-15-19(10-9-17(21)3)25-27-22-13-16(2)8-11-23(22)30-25/h5-11,13-15H,4,12H2,1-3H3,(H,26,28). The van der Waals surface area contributed by atoms with Crippen molar-refractivity contribution in [3.8, 4) is 17.2 Å². The molecule has 0 fully saturated rings. The van der Waals surface area contributed by atoms with Crippen LogP contribution in [0.5, 0.6) is 5.75 Å². The molecule has 5 heteroatoms. The van der Waals surface area contributed by atoms with Crippen LogP contribution in [0.1, 0.15) is 34.8 Å². The Morgan fingerprint density at radius 2 is 1.93 bits per heavy atom. The maximum absolute atomic E-state index is 12.8. The molecule has 0 unspecified atom stereocenters. The van der Waals surface area contributed by atoms with Gasteiger partial charge in [-0.25, -0.2) is 4.98 Å². The van der Waals surface area contributed by atoms with Crippen LogP contribution in [0.4, 0.5) is 5.69 Å². The minimum atomic E-state index is -0.189. The number of aromatic nitrogens is 1. The summed E-state index contributed by atoms with van der Waals surface area (Å²) in [7, 11) is 0. The van der Waals surface area contributed by atoms with Gasteiger partial charge in [0.2, 0.25) is 5.89 Å². The number of amides is 1. The molecule has 0 atom stereocenters. The third-order valence-corrected chi connectivity index (χ3v) is 4.84. The molecular weight excluding hydrogens is 376 g/mol. The van der Waals surface area contributed by atoms with E-state index >= 15 is 0 Å². The monoisotopic (exact) mass is 400 g/mol. The number of carbonyl (C=O) groups excluding carboxylic acids is 1. The van der Waals surface area contributed by atoms with Crippen LogP contribution >= 0.6 is 0 Å². The molecule has 1 aromatic heterocycles. The van der Waals surface area contributed by atoms with Gasteiger partial charge in [-0.2, -0.15) is 0 Å². The van der Waals surface area contributed by atoms with E-state index < -0.39 is 0 Å². The Hall–Kier alpha value is -3.60. The first-order valence-corrected chi connectivity index (χ1v) is 10.1. The fraction of sp³-hybridized carbons (Fsp3) is 0.200. The molecule has 152 valence electrons. The van der Waals surface area contributed by atoms with Crippen molar-refractivity contribution in [3.05, 3.63) is 77.4 Å². The summed E-state index contributed by atoms with van der Waals surface area (Å²) < 4.78 is 11.5. The fourth-order valence-corrected chi connectivity index (χ4v) is 3.19. The van der Waals surface area contributed by atoms with Gasteiger partial charge in [0, 0.05) is 16.8 Å². The predicted molar refractivity (Wildman–Crippen MR) is 119 cm³/mol. The van der Waals surface area contributed by atoms with Gasteiger partial charge in [-0.1, -0.05) is 25.1 Å². The normalized spacial score (nSPS) is 10.9. The molecule has 0 saturated heterocycles. The predicted octanol–water partition coefficient (Wildman–Crippen LogP) is 6.15. The summed E-state index contributed by atoms with van der Waals surface area (Å²) in [5.41, 5.74) is 5.72. The molecule has 0 aliphatic carbocycles. The number of ether oxygens (including phenoxy) is 1. The molecule has 3 aromatic carbocycles.